The summed E-state index contributed by atoms with van der Waals surface area (Å²) >= 11 is 0. The quantitative estimate of drug-likeness (QED) is 0.873. The van der Waals surface area contributed by atoms with E-state index in [1.54, 1.807) is 0 Å². The first-order chi connectivity index (χ1) is 9.93. The second-order valence-corrected chi connectivity index (χ2v) is 6.46. The molecule has 1 aliphatic carbocycles. The first-order valence-corrected chi connectivity index (χ1v) is 8.47. The zero-order valence-corrected chi connectivity index (χ0v) is 12.6. The van der Waals surface area contributed by atoms with E-state index in [4.69, 9.17) is 0 Å². The summed E-state index contributed by atoms with van der Waals surface area (Å²) in [5.74, 6) is 0.928. The molecule has 0 bridgehead atoms. The molecule has 1 aromatic rings. The average molecular weight is 272 g/mol. The molecule has 0 radical (unpaired) electrons. The van der Waals surface area contributed by atoms with Crippen molar-refractivity contribution in [2.45, 2.75) is 51.5 Å². The summed E-state index contributed by atoms with van der Waals surface area (Å²) in [7, 11) is 0. The van der Waals surface area contributed by atoms with E-state index in [0.717, 1.165) is 12.5 Å². The maximum Gasteiger partial charge on any atom is 0.0411 e. The fourth-order valence-electron chi connectivity index (χ4n) is 3.73. The number of hydrogen-bond donors (Lipinski definition) is 1. The molecule has 110 valence electrons. The van der Waals surface area contributed by atoms with Crippen molar-refractivity contribution < 1.29 is 0 Å². The molecule has 1 aliphatic heterocycles. The molecule has 1 heterocycles. The van der Waals surface area contributed by atoms with Crippen molar-refractivity contribution in [3.8, 4) is 0 Å². The molecule has 1 saturated heterocycles. The van der Waals surface area contributed by atoms with Crippen molar-refractivity contribution in [2.75, 3.05) is 24.5 Å². The summed E-state index contributed by atoms with van der Waals surface area (Å²) in [4.78, 5) is 2.58. The van der Waals surface area contributed by atoms with Crippen LogP contribution in [0.25, 0.3) is 0 Å². The molecule has 2 aliphatic rings. The standard InChI is InChI=1S/C18H28N2/c1-6-12-20(13-7-1)18-11-5-4-10-17(18)15-19-14-16-8-2-3-9-16/h4-5,10-11,16,19H,1-3,6-9,12-15H2. The number of para-hydroxylation sites is 1. The Bertz CT molecular complexity index is 404. The first kappa shape index (κ1) is 13.9. The predicted molar refractivity (Wildman–Crippen MR) is 86.2 cm³/mol. The van der Waals surface area contributed by atoms with E-state index in [0.29, 0.717) is 0 Å². The summed E-state index contributed by atoms with van der Waals surface area (Å²) in [6, 6.07) is 8.97. The van der Waals surface area contributed by atoms with Gasteiger partial charge in [0.15, 0.2) is 0 Å². The van der Waals surface area contributed by atoms with Gasteiger partial charge in [0.1, 0.15) is 0 Å². The number of anilines is 1. The minimum atomic E-state index is 0.928. The van der Waals surface area contributed by atoms with Crippen LogP contribution in [0, 0.1) is 5.92 Å². The van der Waals surface area contributed by atoms with E-state index in [1.807, 2.05) is 0 Å². The van der Waals surface area contributed by atoms with Crippen LogP contribution in [-0.4, -0.2) is 19.6 Å². The molecule has 20 heavy (non-hydrogen) atoms. The van der Waals surface area contributed by atoms with Crippen molar-refractivity contribution in [3.63, 3.8) is 0 Å². The van der Waals surface area contributed by atoms with Crippen LogP contribution in [0.2, 0.25) is 0 Å². The molecule has 1 N–H and O–H groups in total. The van der Waals surface area contributed by atoms with Crippen LogP contribution in [0.4, 0.5) is 5.69 Å². The third kappa shape index (κ3) is 3.54. The van der Waals surface area contributed by atoms with Gasteiger partial charge in [-0.25, -0.2) is 0 Å². The van der Waals surface area contributed by atoms with Crippen LogP contribution in [0.3, 0.4) is 0 Å². The van der Waals surface area contributed by atoms with E-state index in [9.17, 15) is 0 Å². The van der Waals surface area contributed by atoms with E-state index in [2.05, 4.69) is 34.5 Å². The molecule has 2 nitrogen and oxygen atoms in total. The molecule has 0 unspecified atom stereocenters. The highest BCUT2D eigenvalue weighted by Gasteiger charge is 2.16. The van der Waals surface area contributed by atoms with Crippen molar-refractivity contribution in [1.29, 1.82) is 0 Å². The molecular weight excluding hydrogens is 244 g/mol. The third-order valence-electron chi connectivity index (χ3n) is 4.91. The zero-order valence-electron chi connectivity index (χ0n) is 12.6. The lowest BCUT2D eigenvalue weighted by molar-refractivity contribution is 0.488. The minimum Gasteiger partial charge on any atom is -0.371 e. The molecule has 1 aromatic carbocycles. The number of rotatable bonds is 5. The van der Waals surface area contributed by atoms with Crippen molar-refractivity contribution in [3.05, 3.63) is 29.8 Å². The van der Waals surface area contributed by atoms with Crippen LogP contribution in [0.15, 0.2) is 24.3 Å². The van der Waals surface area contributed by atoms with Gasteiger partial charge in [0.25, 0.3) is 0 Å². The first-order valence-electron chi connectivity index (χ1n) is 8.47. The fraction of sp³-hybridized carbons (Fsp3) is 0.667. The summed E-state index contributed by atoms with van der Waals surface area (Å²) in [6.07, 6.45) is 9.85. The molecule has 3 rings (SSSR count). The van der Waals surface area contributed by atoms with Crippen LogP contribution in [0.5, 0.6) is 0 Å². The topological polar surface area (TPSA) is 15.3 Å². The lowest BCUT2D eigenvalue weighted by Crippen LogP contribution is -2.31. The summed E-state index contributed by atoms with van der Waals surface area (Å²) < 4.78 is 0. The smallest absolute Gasteiger partial charge is 0.0411 e. The highest BCUT2D eigenvalue weighted by atomic mass is 15.1. The van der Waals surface area contributed by atoms with Gasteiger partial charge in [-0.1, -0.05) is 31.0 Å². The molecule has 2 fully saturated rings. The number of nitrogens with one attached hydrogen (secondary N) is 1. The van der Waals surface area contributed by atoms with Crippen LogP contribution in [0.1, 0.15) is 50.5 Å². The Morgan fingerprint density at radius 1 is 0.950 bits per heavy atom. The van der Waals surface area contributed by atoms with Crippen LogP contribution >= 0.6 is 0 Å². The van der Waals surface area contributed by atoms with E-state index in [1.165, 1.54) is 75.8 Å². The molecule has 2 heteroatoms. The SMILES string of the molecule is c1ccc(N2CCCCC2)c(CNCC2CCCC2)c1. The minimum absolute atomic E-state index is 0.928. The Morgan fingerprint density at radius 3 is 2.50 bits per heavy atom. The Labute approximate surface area is 123 Å². The number of nitrogens with zero attached hydrogens (tertiary/aromatic N) is 1. The predicted octanol–water partition coefficient (Wildman–Crippen LogP) is 3.96. The van der Waals surface area contributed by atoms with Gasteiger partial charge in [-0.05, 0) is 56.2 Å². The second-order valence-electron chi connectivity index (χ2n) is 6.46. The van der Waals surface area contributed by atoms with E-state index in [-0.39, 0.29) is 0 Å². The molecule has 1 saturated carbocycles. The molecule has 0 atom stereocenters. The summed E-state index contributed by atoms with van der Waals surface area (Å²) in [5, 5.41) is 3.70. The van der Waals surface area contributed by atoms with Gasteiger partial charge in [-0.2, -0.15) is 0 Å². The normalized spacial score (nSPS) is 20.5. The maximum atomic E-state index is 3.70. The van der Waals surface area contributed by atoms with Crippen molar-refractivity contribution in [1.82, 2.24) is 5.32 Å². The van der Waals surface area contributed by atoms with Gasteiger partial charge in [-0.15, -0.1) is 0 Å². The zero-order chi connectivity index (χ0) is 13.6. The third-order valence-corrected chi connectivity index (χ3v) is 4.91. The Kier molecular flexibility index (Phi) is 4.96. The van der Waals surface area contributed by atoms with Crippen LogP contribution < -0.4 is 10.2 Å². The van der Waals surface area contributed by atoms with Gasteiger partial charge in [0, 0.05) is 25.3 Å². The van der Waals surface area contributed by atoms with Gasteiger partial charge in [0.05, 0.1) is 0 Å². The Balaban J connectivity index is 1.57. The van der Waals surface area contributed by atoms with Crippen LogP contribution in [-0.2, 0) is 6.54 Å². The lowest BCUT2D eigenvalue weighted by atomic mass is 10.1. The van der Waals surface area contributed by atoms with Gasteiger partial charge in [0.2, 0.25) is 0 Å². The lowest BCUT2D eigenvalue weighted by Gasteiger charge is -2.30. The van der Waals surface area contributed by atoms with Gasteiger partial charge >= 0.3 is 0 Å². The maximum absolute atomic E-state index is 3.70. The fourth-order valence-corrected chi connectivity index (χ4v) is 3.73. The molecule has 0 aromatic heterocycles. The highest BCUT2D eigenvalue weighted by molar-refractivity contribution is 5.53. The Hall–Kier alpha value is -1.02. The number of hydrogen-bond acceptors (Lipinski definition) is 2. The number of piperidine rings is 1. The largest absolute Gasteiger partial charge is 0.371 e. The van der Waals surface area contributed by atoms with Crippen molar-refractivity contribution >= 4 is 5.69 Å². The van der Waals surface area contributed by atoms with Gasteiger partial charge in [-0.3, -0.25) is 0 Å². The molecule has 0 amide bonds. The summed E-state index contributed by atoms with van der Waals surface area (Å²) in [5.41, 5.74) is 2.94. The van der Waals surface area contributed by atoms with Gasteiger partial charge < -0.3 is 10.2 Å². The summed E-state index contributed by atoms with van der Waals surface area (Å²) in [6.45, 7) is 4.71. The number of benzene rings is 1. The second kappa shape index (κ2) is 7.12. The average Bonchev–Trinajstić information content (AvgIpc) is 3.02. The monoisotopic (exact) mass is 272 g/mol. The van der Waals surface area contributed by atoms with E-state index >= 15 is 0 Å². The van der Waals surface area contributed by atoms with Crippen molar-refractivity contribution in [2.24, 2.45) is 5.92 Å². The highest BCUT2D eigenvalue weighted by Crippen LogP contribution is 2.25. The van der Waals surface area contributed by atoms with E-state index < -0.39 is 0 Å². The molecular formula is C18H28N2. The molecule has 0 spiro atoms. The Morgan fingerprint density at radius 2 is 1.70 bits per heavy atom.